The quantitative estimate of drug-likeness (QED) is 0.867. The van der Waals surface area contributed by atoms with Gasteiger partial charge in [0.1, 0.15) is 0 Å². The van der Waals surface area contributed by atoms with Gasteiger partial charge in [-0.15, -0.1) is 12.4 Å². The molecule has 1 aliphatic heterocycles. The average Bonchev–Trinajstić information content (AvgIpc) is 3.06. The minimum absolute atomic E-state index is 0. The zero-order valence-electron chi connectivity index (χ0n) is 15.0. The third-order valence-corrected chi connectivity index (χ3v) is 6.18. The number of nitrogens with one attached hydrogen (secondary N) is 2. The van der Waals surface area contributed by atoms with E-state index in [0.29, 0.717) is 6.54 Å². The summed E-state index contributed by atoms with van der Waals surface area (Å²) in [6.45, 7) is 3.55. The Balaban J connectivity index is 0.00000182. The van der Waals surface area contributed by atoms with Gasteiger partial charge in [-0.05, 0) is 55.4 Å². The second-order valence-electron chi connectivity index (χ2n) is 7.77. The van der Waals surface area contributed by atoms with Crippen molar-refractivity contribution in [3.63, 3.8) is 0 Å². The van der Waals surface area contributed by atoms with Crippen LogP contribution in [0.1, 0.15) is 49.7 Å². The van der Waals surface area contributed by atoms with Crippen LogP contribution >= 0.6 is 12.4 Å². The molecule has 0 bridgehead atoms. The molecule has 1 amide bonds. The number of nitrogens with zero attached hydrogens (tertiary/aromatic N) is 1. The molecule has 0 atom stereocenters. The number of benzene rings is 1. The van der Waals surface area contributed by atoms with E-state index in [1.54, 1.807) is 0 Å². The summed E-state index contributed by atoms with van der Waals surface area (Å²) in [5, 5.41) is 6.69. The number of anilines is 1. The minimum Gasteiger partial charge on any atom is -0.325 e. The summed E-state index contributed by atoms with van der Waals surface area (Å²) >= 11 is 0. The topological polar surface area (TPSA) is 44.4 Å². The summed E-state index contributed by atoms with van der Waals surface area (Å²) in [5.41, 5.74) is 4.05. The Morgan fingerprint density at radius 1 is 1.12 bits per heavy atom. The van der Waals surface area contributed by atoms with Crippen molar-refractivity contribution < 1.29 is 4.79 Å². The van der Waals surface area contributed by atoms with Crippen LogP contribution in [0.15, 0.2) is 18.2 Å². The van der Waals surface area contributed by atoms with Crippen LogP contribution in [-0.4, -0.2) is 42.5 Å². The molecule has 3 aliphatic rings. The van der Waals surface area contributed by atoms with E-state index in [0.717, 1.165) is 31.7 Å². The van der Waals surface area contributed by atoms with E-state index in [9.17, 15) is 4.79 Å². The van der Waals surface area contributed by atoms with Crippen molar-refractivity contribution in [3.05, 3.63) is 29.3 Å². The second-order valence-corrected chi connectivity index (χ2v) is 7.77. The van der Waals surface area contributed by atoms with Crippen LogP contribution in [0, 0.1) is 0 Å². The maximum Gasteiger partial charge on any atom is 0.238 e. The summed E-state index contributed by atoms with van der Waals surface area (Å²) in [6.07, 6.45) is 9.98. The molecule has 2 aliphatic carbocycles. The zero-order chi connectivity index (χ0) is 16.4. The van der Waals surface area contributed by atoms with Gasteiger partial charge in [-0.1, -0.05) is 25.3 Å². The molecule has 2 N–H and O–H groups in total. The molecule has 1 spiro atoms. The molecule has 138 valence electrons. The number of hydrogen-bond acceptors (Lipinski definition) is 3. The molecule has 1 saturated carbocycles. The van der Waals surface area contributed by atoms with Crippen molar-refractivity contribution in [3.8, 4) is 0 Å². The molecule has 2 fully saturated rings. The average molecular weight is 364 g/mol. The lowest BCUT2D eigenvalue weighted by Crippen LogP contribution is -2.63. The fourth-order valence-corrected chi connectivity index (χ4v) is 4.86. The molecule has 1 saturated heterocycles. The smallest absolute Gasteiger partial charge is 0.238 e. The van der Waals surface area contributed by atoms with Gasteiger partial charge in [0.15, 0.2) is 0 Å². The summed E-state index contributed by atoms with van der Waals surface area (Å²) in [4.78, 5) is 15.1. The van der Waals surface area contributed by atoms with Gasteiger partial charge >= 0.3 is 0 Å². The number of rotatable bonds is 3. The van der Waals surface area contributed by atoms with Crippen LogP contribution in [0.4, 0.5) is 5.69 Å². The Kier molecular flexibility index (Phi) is 6.03. The van der Waals surface area contributed by atoms with Crippen molar-refractivity contribution >= 4 is 24.0 Å². The minimum atomic E-state index is 0. The normalized spacial score (nSPS) is 22.2. The Hall–Kier alpha value is -1.10. The number of carbonyl (C=O) groups excluding carboxylic acids is 1. The molecule has 5 heteroatoms. The Morgan fingerprint density at radius 2 is 1.92 bits per heavy atom. The first-order valence-electron chi connectivity index (χ1n) is 9.63. The van der Waals surface area contributed by atoms with Crippen LogP contribution in [-0.2, 0) is 17.6 Å². The Bertz CT molecular complexity index is 605. The third-order valence-electron chi connectivity index (χ3n) is 6.18. The van der Waals surface area contributed by atoms with Gasteiger partial charge in [-0.25, -0.2) is 0 Å². The van der Waals surface area contributed by atoms with Crippen LogP contribution in [0.5, 0.6) is 0 Å². The first kappa shape index (κ1) is 18.7. The summed E-state index contributed by atoms with van der Waals surface area (Å²) in [7, 11) is 0. The molecule has 4 nitrogen and oxygen atoms in total. The number of halogens is 1. The molecule has 1 heterocycles. The maximum absolute atomic E-state index is 12.6. The molecule has 4 rings (SSSR count). The highest BCUT2D eigenvalue weighted by Gasteiger charge is 2.40. The number of fused-ring (bicyclic) bond motifs is 1. The third kappa shape index (κ3) is 4.02. The molecule has 0 radical (unpaired) electrons. The van der Waals surface area contributed by atoms with Gasteiger partial charge in [0.2, 0.25) is 5.91 Å². The molecule has 1 aromatic carbocycles. The number of hydrogen-bond donors (Lipinski definition) is 2. The highest BCUT2D eigenvalue weighted by molar-refractivity contribution is 5.92. The lowest BCUT2D eigenvalue weighted by atomic mass is 9.79. The van der Waals surface area contributed by atoms with Crippen molar-refractivity contribution in [2.45, 2.75) is 56.9 Å². The fraction of sp³-hybridized carbons (Fsp3) is 0.650. The van der Waals surface area contributed by atoms with Gasteiger partial charge in [0.05, 0.1) is 6.54 Å². The molecule has 1 aromatic rings. The van der Waals surface area contributed by atoms with E-state index in [1.807, 2.05) is 0 Å². The molecule has 0 unspecified atom stereocenters. The fourth-order valence-electron chi connectivity index (χ4n) is 4.86. The van der Waals surface area contributed by atoms with E-state index in [4.69, 9.17) is 0 Å². The van der Waals surface area contributed by atoms with Crippen LogP contribution in [0.3, 0.4) is 0 Å². The molecule has 0 aromatic heterocycles. The Labute approximate surface area is 157 Å². The number of piperazine rings is 1. The predicted octanol–water partition coefficient (Wildman–Crippen LogP) is 3.14. The number of amides is 1. The Morgan fingerprint density at radius 3 is 2.76 bits per heavy atom. The van der Waals surface area contributed by atoms with Crippen LogP contribution < -0.4 is 10.6 Å². The lowest BCUT2D eigenvalue weighted by molar-refractivity contribution is -0.120. The van der Waals surface area contributed by atoms with Gasteiger partial charge in [0, 0.05) is 30.9 Å². The SMILES string of the molecule is Cl.O=C(CN1CCNCC12CCCCC2)Nc1ccc2c(c1)CCC2. The predicted molar refractivity (Wildman–Crippen MR) is 105 cm³/mol. The zero-order valence-corrected chi connectivity index (χ0v) is 15.8. The highest BCUT2D eigenvalue weighted by atomic mass is 35.5. The first-order valence-corrected chi connectivity index (χ1v) is 9.63. The van der Waals surface area contributed by atoms with Crippen LogP contribution in [0.2, 0.25) is 0 Å². The summed E-state index contributed by atoms with van der Waals surface area (Å²) in [5.74, 6) is 0.139. The first-order chi connectivity index (χ1) is 11.8. The molecular formula is C20H30ClN3O. The molecular weight excluding hydrogens is 334 g/mol. The lowest BCUT2D eigenvalue weighted by Gasteiger charge is -2.49. The standard InChI is InChI=1S/C20H29N3O.ClH/c24-19(22-18-8-7-16-5-4-6-17(16)13-18)14-23-12-11-21-15-20(23)9-2-1-3-10-20;/h7-8,13,21H,1-6,9-12,14-15H2,(H,22,24);1H. The van der Waals surface area contributed by atoms with Crippen molar-refractivity contribution in [2.75, 3.05) is 31.5 Å². The highest BCUT2D eigenvalue weighted by Crippen LogP contribution is 2.34. The maximum atomic E-state index is 12.6. The number of carbonyl (C=O) groups is 1. The van der Waals surface area contributed by atoms with Gasteiger partial charge in [0.25, 0.3) is 0 Å². The van der Waals surface area contributed by atoms with E-state index in [1.165, 1.54) is 56.1 Å². The van der Waals surface area contributed by atoms with Crippen LogP contribution in [0.25, 0.3) is 0 Å². The monoisotopic (exact) mass is 363 g/mol. The molecule has 25 heavy (non-hydrogen) atoms. The van der Waals surface area contributed by atoms with Crippen molar-refractivity contribution in [1.29, 1.82) is 0 Å². The van der Waals surface area contributed by atoms with Gasteiger partial charge in [-0.3, -0.25) is 9.69 Å². The van der Waals surface area contributed by atoms with E-state index >= 15 is 0 Å². The van der Waals surface area contributed by atoms with Crippen molar-refractivity contribution in [1.82, 2.24) is 10.2 Å². The van der Waals surface area contributed by atoms with Crippen molar-refractivity contribution in [2.24, 2.45) is 0 Å². The summed E-state index contributed by atoms with van der Waals surface area (Å²) < 4.78 is 0. The van der Waals surface area contributed by atoms with E-state index in [-0.39, 0.29) is 23.9 Å². The summed E-state index contributed by atoms with van der Waals surface area (Å²) in [6, 6.07) is 6.43. The van der Waals surface area contributed by atoms with Gasteiger partial charge in [-0.2, -0.15) is 0 Å². The van der Waals surface area contributed by atoms with E-state index in [2.05, 4.69) is 33.7 Å². The second kappa shape index (κ2) is 8.07. The van der Waals surface area contributed by atoms with E-state index < -0.39 is 0 Å². The largest absolute Gasteiger partial charge is 0.325 e. The van der Waals surface area contributed by atoms with Gasteiger partial charge < -0.3 is 10.6 Å². The number of aryl methyl sites for hydroxylation is 2.